The third-order valence-corrected chi connectivity index (χ3v) is 5.67. The molecule has 1 heterocycles. The molecule has 0 radical (unpaired) electrons. The largest absolute Gasteiger partial charge is 0.351 e. The first-order valence-corrected chi connectivity index (χ1v) is 9.17. The number of hydrogen-bond donors (Lipinski definition) is 0. The van der Waals surface area contributed by atoms with Gasteiger partial charge in [-0.05, 0) is 42.5 Å². The number of amides is 1. The zero-order chi connectivity index (χ0) is 16.7. The van der Waals surface area contributed by atoms with E-state index in [0.29, 0.717) is 12.6 Å². The fourth-order valence-electron chi connectivity index (χ4n) is 3.62. The number of rotatable bonds is 3. The van der Waals surface area contributed by atoms with Crippen LogP contribution >= 0.6 is 15.9 Å². The lowest BCUT2D eigenvalue weighted by Gasteiger charge is -2.22. The van der Waals surface area contributed by atoms with Crippen LogP contribution in [0.3, 0.4) is 0 Å². The summed E-state index contributed by atoms with van der Waals surface area (Å²) in [6.07, 6.45) is 0.916. The molecule has 0 N–H and O–H groups in total. The van der Waals surface area contributed by atoms with Crippen molar-refractivity contribution in [1.82, 2.24) is 4.90 Å². The van der Waals surface area contributed by atoms with Gasteiger partial charge in [-0.15, -0.1) is 0 Å². The lowest BCUT2D eigenvalue weighted by molar-refractivity contribution is -0.134. The maximum Gasteiger partial charge on any atom is 0.228 e. The van der Waals surface area contributed by atoms with Crippen LogP contribution < -0.4 is 0 Å². The summed E-state index contributed by atoms with van der Waals surface area (Å²) in [7, 11) is 0. The minimum absolute atomic E-state index is 0.0277. The second-order valence-corrected chi connectivity index (χ2v) is 7.59. The summed E-state index contributed by atoms with van der Waals surface area (Å²) in [6, 6.07) is 18.5. The zero-order valence-electron chi connectivity index (χ0n) is 13.6. The van der Waals surface area contributed by atoms with Crippen molar-refractivity contribution in [1.29, 1.82) is 0 Å². The molecule has 1 aliphatic heterocycles. The molecule has 1 saturated carbocycles. The van der Waals surface area contributed by atoms with Gasteiger partial charge in [0.05, 0.1) is 6.04 Å². The Balaban J connectivity index is 1.44. The minimum Gasteiger partial charge on any atom is -0.351 e. The minimum atomic E-state index is -0.0277. The lowest BCUT2D eigenvalue weighted by atomic mass is 10.0. The first kappa shape index (κ1) is 15.9. The fraction of sp³-hybridized carbons (Fsp3) is 0.350. The summed E-state index contributed by atoms with van der Waals surface area (Å²) < 4.78 is 6.99. The highest BCUT2D eigenvalue weighted by atomic mass is 79.9. The van der Waals surface area contributed by atoms with Crippen molar-refractivity contribution in [2.24, 2.45) is 5.92 Å². The quantitative estimate of drug-likeness (QED) is 0.778. The van der Waals surface area contributed by atoms with Crippen LogP contribution in [-0.4, -0.2) is 23.6 Å². The van der Waals surface area contributed by atoms with Crippen LogP contribution in [0.1, 0.15) is 36.5 Å². The number of halogens is 1. The Labute approximate surface area is 150 Å². The molecule has 4 rings (SSSR count). The highest BCUT2D eigenvalue weighted by Crippen LogP contribution is 2.49. The summed E-state index contributed by atoms with van der Waals surface area (Å²) in [5, 5.41) is 0. The highest BCUT2D eigenvalue weighted by Gasteiger charge is 2.48. The van der Waals surface area contributed by atoms with E-state index in [0.717, 1.165) is 16.5 Å². The Bertz CT molecular complexity index is 731. The molecule has 4 heteroatoms. The van der Waals surface area contributed by atoms with Crippen molar-refractivity contribution in [3.05, 3.63) is 70.2 Å². The second kappa shape index (κ2) is 6.34. The molecule has 1 aliphatic carbocycles. The van der Waals surface area contributed by atoms with Gasteiger partial charge in [0.15, 0.2) is 0 Å². The van der Waals surface area contributed by atoms with Gasteiger partial charge in [0, 0.05) is 10.4 Å². The topological polar surface area (TPSA) is 29.5 Å². The van der Waals surface area contributed by atoms with E-state index in [9.17, 15) is 4.79 Å². The van der Waals surface area contributed by atoms with Crippen LogP contribution in [0.2, 0.25) is 0 Å². The van der Waals surface area contributed by atoms with E-state index < -0.39 is 0 Å². The Morgan fingerprint density at radius 3 is 2.50 bits per heavy atom. The number of ether oxygens (including phenoxy) is 1. The average molecular weight is 386 g/mol. The van der Waals surface area contributed by atoms with Crippen LogP contribution in [0.4, 0.5) is 0 Å². The van der Waals surface area contributed by atoms with Gasteiger partial charge in [-0.1, -0.05) is 58.4 Å². The van der Waals surface area contributed by atoms with Gasteiger partial charge in [0.2, 0.25) is 5.91 Å². The molecule has 1 amide bonds. The number of nitrogens with zero attached hydrogens (tertiary/aromatic N) is 1. The first-order valence-electron chi connectivity index (χ1n) is 8.37. The molecule has 1 saturated heterocycles. The van der Waals surface area contributed by atoms with Crippen LogP contribution in [-0.2, 0) is 9.53 Å². The maximum atomic E-state index is 12.9. The Morgan fingerprint density at radius 2 is 1.79 bits per heavy atom. The molecule has 2 fully saturated rings. The molecule has 124 valence electrons. The van der Waals surface area contributed by atoms with E-state index in [2.05, 4.69) is 47.1 Å². The molecular formula is C20H20BrNO2. The normalized spacial score (nSPS) is 28.8. The molecular weight excluding hydrogens is 366 g/mol. The van der Waals surface area contributed by atoms with Gasteiger partial charge in [-0.2, -0.15) is 0 Å². The predicted molar refractivity (Wildman–Crippen MR) is 96.4 cm³/mol. The van der Waals surface area contributed by atoms with E-state index in [1.165, 1.54) is 5.56 Å². The van der Waals surface area contributed by atoms with E-state index in [4.69, 9.17) is 4.74 Å². The molecule has 0 spiro atoms. The van der Waals surface area contributed by atoms with Crippen molar-refractivity contribution in [3.8, 4) is 0 Å². The summed E-state index contributed by atoms with van der Waals surface area (Å²) in [5.74, 6) is 0.689. The predicted octanol–water partition coefficient (Wildman–Crippen LogP) is 4.50. The summed E-state index contributed by atoms with van der Waals surface area (Å²) in [5.41, 5.74) is 2.39. The third kappa shape index (κ3) is 2.89. The number of carbonyl (C=O) groups excluding carboxylic acids is 1. The summed E-state index contributed by atoms with van der Waals surface area (Å²) in [4.78, 5) is 14.8. The smallest absolute Gasteiger partial charge is 0.228 e. The van der Waals surface area contributed by atoms with E-state index in [1.807, 2.05) is 35.2 Å². The van der Waals surface area contributed by atoms with E-state index >= 15 is 0 Å². The second-order valence-electron chi connectivity index (χ2n) is 6.68. The first-order chi connectivity index (χ1) is 11.6. The Morgan fingerprint density at radius 1 is 1.08 bits per heavy atom. The van der Waals surface area contributed by atoms with Crippen molar-refractivity contribution < 1.29 is 9.53 Å². The highest BCUT2D eigenvalue weighted by molar-refractivity contribution is 9.10. The molecule has 0 aromatic heterocycles. The van der Waals surface area contributed by atoms with Crippen LogP contribution in [0.25, 0.3) is 0 Å². The molecule has 2 aliphatic rings. The molecule has 3 nitrogen and oxygen atoms in total. The van der Waals surface area contributed by atoms with Crippen molar-refractivity contribution in [2.45, 2.75) is 31.4 Å². The van der Waals surface area contributed by atoms with Crippen molar-refractivity contribution >= 4 is 21.8 Å². The Hall–Kier alpha value is -1.65. The molecule has 2 aromatic carbocycles. The zero-order valence-corrected chi connectivity index (χ0v) is 15.1. The third-order valence-electron chi connectivity index (χ3n) is 5.14. The number of hydrogen-bond acceptors (Lipinski definition) is 2. The average Bonchev–Trinajstić information content (AvgIpc) is 3.31. The maximum absolute atomic E-state index is 12.9. The monoisotopic (exact) mass is 385 g/mol. The van der Waals surface area contributed by atoms with E-state index in [1.54, 1.807) is 0 Å². The van der Waals surface area contributed by atoms with E-state index in [-0.39, 0.29) is 24.0 Å². The molecule has 4 atom stereocenters. The molecule has 0 bridgehead atoms. The summed E-state index contributed by atoms with van der Waals surface area (Å²) in [6.45, 7) is 2.47. The van der Waals surface area contributed by atoms with Crippen molar-refractivity contribution in [2.75, 3.05) is 6.73 Å². The Kier molecular flexibility index (Phi) is 4.19. The van der Waals surface area contributed by atoms with Gasteiger partial charge >= 0.3 is 0 Å². The SMILES string of the molecule is C[C@H]1[C@H](c2ccccc2)OCN1C(=O)C1CC1c1ccc(Br)cc1. The lowest BCUT2D eigenvalue weighted by Crippen LogP contribution is -2.36. The van der Waals surface area contributed by atoms with Crippen LogP contribution in [0.15, 0.2) is 59.1 Å². The van der Waals surface area contributed by atoms with Gasteiger partial charge in [0.25, 0.3) is 0 Å². The van der Waals surface area contributed by atoms with Gasteiger partial charge in [-0.25, -0.2) is 0 Å². The van der Waals surface area contributed by atoms with Crippen molar-refractivity contribution in [3.63, 3.8) is 0 Å². The van der Waals surface area contributed by atoms with Gasteiger partial charge in [0.1, 0.15) is 12.8 Å². The van der Waals surface area contributed by atoms with Gasteiger partial charge in [-0.3, -0.25) is 4.79 Å². The molecule has 2 unspecified atom stereocenters. The van der Waals surface area contributed by atoms with Crippen LogP contribution in [0.5, 0.6) is 0 Å². The number of carbonyl (C=O) groups is 1. The fourth-order valence-corrected chi connectivity index (χ4v) is 3.89. The number of benzene rings is 2. The van der Waals surface area contributed by atoms with Gasteiger partial charge < -0.3 is 9.64 Å². The summed E-state index contributed by atoms with van der Waals surface area (Å²) >= 11 is 3.46. The standard InChI is InChI=1S/C20H20BrNO2/c1-13-19(15-5-3-2-4-6-15)24-12-22(13)20(23)18-11-17(18)14-7-9-16(21)10-8-14/h2-10,13,17-19H,11-12H2,1H3/t13-,17?,18?,19+/m0/s1. The molecule has 24 heavy (non-hydrogen) atoms. The van der Waals surface area contributed by atoms with Crippen LogP contribution in [0, 0.1) is 5.92 Å². The molecule has 2 aromatic rings.